The lowest BCUT2D eigenvalue weighted by molar-refractivity contribution is -0.118. The average molecular weight is 467 g/mol. The Hall–Kier alpha value is -3.33. The van der Waals surface area contributed by atoms with Crippen molar-refractivity contribution in [2.75, 3.05) is 29.6 Å². The van der Waals surface area contributed by atoms with Crippen molar-refractivity contribution in [3.63, 3.8) is 0 Å². The Morgan fingerprint density at radius 3 is 2.70 bits per heavy atom. The van der Waals surface area contributed by atoms with Gasteiger partial charge >= 0.3 is 6.01 Å². The van der Waals surface area contributed by atoms with Gasteiger partial charge in [-0.15, -0.1) is 16.9 Å². The number of carbonyl (C=O) groups is 2. The molecule has 2 amide bonds. The number of amides is 2. The summed E-state index contributed by atoms with van der Waals surface area (Å²) in [5.41, 5.74) is 1.87. The van der Waals surface area contributed by atoms with Gasteiger partial charge in [0.1, 0.15) is 5.75 Å². The Balaban J connectivity index is 1.34. The van der Waals surface area contributed by atoms with Crippen LogP contribution in [-0.2, 0) is 9.59 Å². The number of rotatable bonds is 8. The summed E-state index contributed by atoms with van der Waals surface area (Å²) >= 11 is 1.65. The third kappa shape index (κ3) is 5.36. The maximum Gasteiger partial charge on any atom is 0.322 e. The number of carbonyl (C=O) groups excluding carboxylic acids is 2. The standard InChI is InChI=1S/C24H26N4O4S/c1-15(2)19-6-4-5-7-20(19)31-14-21(29)25-24-27-26-23(32-24)16-12-22(30)28(13-16)17-8-10-18(33-3)11-9-17/h4-11,15-16H,12-14H2,1-3H3,(H,25,27,29). The number of benzene rings is 2. The van der Waals surface area contributed by atoms with E-state index < -0.39 is 5.91 Å². The van der Waals surface area contributed by atoms with Gasteiger partial charge in [0.25, 0.3) is 5.91 Å². The molecule has 3 aromatic rings. The molecule has 172 valence electrons. The largest absolute Gasteiger partial charge is 0.483 e. The molecule has 4 rings (SSSR count). The van der Waals surface area contributed by atoms with Gasteiger partial charge in [-0.25, -0.2) is 0 Å². The minimum Gasteiger partial charge on any atom is -0.483 e. The molecule has 1 aliphatic rings. The fourth-order valence-corrected chi connectivity index (χ4v) is 4.13. The van der Waals surface area contributed by atoms with E-state index in [1.54, 1.807) is 16.7 Å². The fraction of sp³-hybridized carbons (Fsp3) is 0.333. The topological polar surface area (TPSA) is 97.6 Å². The number of para-hydroxylation sites is 1. The van der Waals surface area contributed by atoms with E-state index >= 15 is 0 Å². The molecule has 0 spiro atoms. The van der Waals surface area contributed by atoms with Crippen LogP contribution in [0.3, 0.4) is 0 Å². The van der Waals surface area contributed by atoms with Crippen LogP contribution < -0.4 is 15.0 Å². The summed E-state index contributed by atoms with van der Waals surface area (Å²) < 4.78 is 11.3. The minimum atomic E-state index is -0.401. The molecule has 0 radical (unpaired) electrons. The van der Waals surface area contributed by atoms with E-state index in [9.17, 15) is 9.59 Å². The summed E-state index contributed by atoms with van der Waals surface area (Å²) in [7, 11) is 0. The van der Waals surface area contributed by atoms with Crippen LogP contribution in [0.2, 0.25) is 0 Å². The zero-order chi connectivity index (χ0) is 23.4. The molecule has 0 bridgehead atoms. The normalized spacial score (nSPS) is 15.8. The number of aromatic nitrogens is 2. The molecule has 33 heavy (non-hydrogen) atoms. The van der Waals surface area contributed by atoms with Crippen molar-refractivity contribution in [3.8, 4) is 5.75 Å². The number of nitrogens with one attached hydrogen (secondary N) is 1. The molecule has 1 aliphatic heterocycles. The lowest BCUT2D eigenvalue weighted by Gasteiger charge is -2.16. The highest BCUT2D eigenvalue weighted by Gasteiger charge is 2.35. The van der Waals surface area contributed by atoms with Crippen LogP contribution in [0.15, 0.2) is 57.8 Å². The summed E-state index contributed by atoms with van der Waals surface area (Å²) in [6.45, 7) is 4.40. The third-order valence-electron chi connectivity index (χ3n) is 5.45. The Morgan fingerprint density at radius 2 is 1.97 bits per heavy atom. The Morgan fingerprint density at radius 1 is 1.21 bits per heavy atom. The summed E-state index contributed by atoms with van der Waals surface area (Å²) in [5.74, 6) is 0.640. The number of anilines is 2. The van der Waals surface area contributed by atoms with E-state index in [1.165, 1.54) is 0 Å². The molecule has 1 unspecified atom stereocenters. The highest BCUT2D eigenvalue weighted by Crippen LogP contribution is 2.32. The van der Waals surface area contributed by atoms with Gasteiger partial charge in [-0.1, -0.05) is 37.1 Å². The maximum absolute atomic E-state index is 12.5. The molecule has 1 saturated heterocycles. The quantitative estimate of drug-likeness (QED) is 0.490. The predicted octanol–water partition coefficient (Wildman–Crippen LogP) is 4.45. The molecule has 2 aromatic carbocycles. The SMILES string of the molecule is CSc1ccc(N2CC(c3nnc(NC(=O)COc4ccccc4C(C)C)o3)CC2=O)cc1. The molecule has 0 aliphatic carbocycles. The third-order valence-corrected chi connectivity index (χ3v) is 6.19. The lowest BCUT2D eigenvalue weighted by atomic mass is 10.0. The fourth-order valence-electron chi connectivity index (χ4n) is 3.72. The zero-order valence-electron chi connectivity index (χ0n) is 18.8. The van der Waals surface area contributed by atoms with Crippen molar-refractivity contribution < 1.29 is 18.7 Å². The molecule has 8 nitrogen and oxygen atoms in total. The monoisotopic (exact) mass is 466 g/mol. The van der Waals surface area contributed by atoms with Gasteiger partial charge in [-0.2, -0.15) is 0 Å². The number of thioether (sulfide) groups is 1. The molecular weight excluding hydrogens is 440 g/mol. The van der Waals surface area contributed by atoms with Gasteiger partial charge in [0.2, 0.25) is 11.8 Å². The van der Waals surface area contributed by atoms with E-state index in [0.29, 0.717) is 18.2 Å². The molecular formula is C24H26N4O4S. The Bertz CT molecular complexity index is 1130. The number of ether oxygens (including phenoxy) is 1. The highest BCUT2D eigenvalue weighted by atomic mass is 32.2. The van der Waals surface area contributed by atoms with Crippen molar-refractivity contribution in [1.82, 2.24) is 10.2 Å². The number of nitrogens with zero attached hydrogens (tertiary/aromatic N) is 3. The molecule has 2 heterocycles. The lowest BCUT2D eigenvalue weighted by Crippen LogP contribution is -2.24. The molecule has 1 aromatic heterocycles. The molecule has 1 atom stereocenters. The van der Waals surface area contributed by atoms with E-state index in [2.05, 4.69) is 29.4 Å². The molecule has 0 saturated carbocycles. The van der Waals surface area contributed by atoms with Crippen LogP contribution in [0.5, 0.6) is 5.75 Å². The van der Waals surface area contributed by atoms with Crippen LogP contribution >= 0.6 is 11.8 Å². The Kier molecular flexibility index (Phi) is 6.98. The number of hydrogen-bond acceptors (Lipinski definition) is 7. The highest BCUT2D eigenvalue weighted by molar-refractivity contribution is 7.98. The molecule has 9 heteroatoms. The second-order valence-corrected chi connectivity index (χ2v) is 8.96. The first kappa shape index (κ1) is 22.8. The Labute approximate surface area is 196 Å². The van der Waals surface area contributed by atoms with Gasteiger partial charge in [0.05, 0.1) is 5.92 Å². The van der Waals surface area contributed by atoms with E-state index in [0.717, 1.165) is 16.1 Å². The summed E-state index contributed by atoms with van der Waals surface area (Å²) in [6.07, 6.45) is 2.28. The summed E-state index contributed by atoms with van der Waals surface area (Å²) in [5, 5.41) is 10.5. The summed E-state index contributed by atoms with van der Waals surface area (Å²) in [6, 6.07) is 15.5. The first-order chi connectivity index (χ1) is 15.9. The minimum absolute atomic E-state index is 0.00194. The van der Waals surface area contributed by atoms with E-state index in [1.807, 2.05) is 54.8 Å². The van der Waals surface area contributed by atoms with Crippen molar-refractivity contribution in [3.05, 3.63) is 60.0 Å². The predicted molar refractivity (Wildman–Crippen MR) is 127 cm³/mol. The molecule has 1 fully saturated rings. The van der Waals surface area contributed by atoms with Gasteiger partial charge in [-0.05, 0) is 48.1 Å². The number of hydrogen-bond donors (Lipinski definition) is 1. The second kappa shape index (κ2) is 10.1. The van der Waals surface area contributed by atoms with Crippen LogP contribution in [0, 0.1) is 0 Å². The van der Waals surface area contributed by atoms with E-state index in [-0.39, 0.29) is 36.8 Å². The van der Waals surface area contributed by atoms with Gasteiger partial charge in [-0.3, -0.25) is 14.9 Å². The second-order valence-electron chi connectivity index (χ2n) is 8.08. The maximum atomic E-state index is 12.5. The summed E-state index contributed by atoms with van der Waals surface area (Å²) in [4.78, 5) is 27.7. The van der Waals surface area contributed by atoms with Crippen LogP contribution in [-0.4, -0.2) is 41.4 Å². The van der Waals surface area contributed by atoms with Crippen molar-refractivity contribution in [2.45, 2.75) is 37.0 Å². The van der Waals surface area contributed by atoms with Gasteiger partial charge in [0.15, 0.2) is 6.61 Å². The first-order valence-corrected chi connectivity index (χ1v) is 12.0. The van der Waals surface area contributed by atoms with E-state index in [4.69, 9.17) is 9.15 Å². The molecule has 1 N–H and O–H groups in total. The van der Waals surface area contributed by atoms with Crippen molar-refractivity contribution in [2.24, 2.45) is 0 Å². The van der Waals surface area contributed by atoms with Crippen molar-refractivity contribution in [1.29, 1.82) is 0 Å². The van der Waals surface area contributed by atoms with Crippen LogP contribution in [0.4, 0.5) is 11.7 Å². The zero-order valence-corrected chi connectivity index (χ0v) is 19.6. The van der Waals surface area contributed by atoms with Gasteiger partial charge in [0, 0.05) is 23.5 Å². The van der Waals surface area contributed by atoms with Gasteiger partial charge < -0.3 is 14.1 Å². The van der Waals surface area contributed by atoms with Crippen LogP contribution in [0.25, 0.3) is 0 Å². The van der Waals surface area contributed by atoms with Crippen molar-refractivity contribution >= 4 is 35.3 Å². The smallest absolute Gasteiger partial charge is 0.322 e. The first-order valence-electron chi connectivity index (χ1n) is 10.7. The average Bonchev–Trinajstić information content (AvgIpc) is 3.44. The van der Waals surface area contributed by atoms with Crippen LogP contribution in [0.1, 0.15) is 43.6 Å².